The maximum atomic E-state index is 10.6. The normalized spacial score (nSPS) is 30.6. The van der Waals surface area contributed by atoms with E-state index in [1.165, 1.54) is 0 Å². The van der Waals surface area contributed by atoms with E-state index in [1.807, 2.05) is 20.8 Å². The van der Waals surface area contributed by atoms with Crippen LogP contribution < -0.4 is 5.32 Å². The molecule has 1 fully saturated rings. The Morgan fingerprint density at radius 1 is 1.40 bits per heavy atom. The highest BCUT2D eigenvalue weighted by Crippen LogP contribution is 2.13. The molecule has 0 aromatic carbocycles. The van der Waals surface area contributed by atoms with Gasteiger partial charge in [0.15, 0.2) is 0 Å². The quantitative estimate of drug-likeness (QED) is 0.547. The fourth-order valence-corrected chi connectivity index (χ4v) is 0.924. The van der Waals surface area contributed by atoms with Crippen LogP contribution in [-0.4, -0.2) is 11.9 Å². The van der Waals surface area contributed by atoms with Crippen LogP contribution in [0.1, 0.15) is 34.1 Å². The second-order valence-corrected chi connectivity index (χ2v) is 2.54. The van der Waals surface area contributed by atoms with Crippen molar-refractivity contribution in [3.8, 4) is 0 Å². The average molecular weight is 143 g/mol. The van der Waals surface area contributed by atoms with E-state index in [-0.39, 0.29) is 5.91 Å². The second kappa shape index (κ2) is 4.31. The molecule has 0 aliphatic carbocycles. The minimum Gasteiger partial charge on any atom is -0.353 e. The van der Waals surface area contributed by atoms with Crippen molar-refractivity contribution in [3.05, 3.63) is 0 Å². The molecule has 0 bridgehead atoms. The molecule has 1 aliphatic rings. The fraction of sp³-hybridized carbons (Fsp3) is 0.875. The lowest BCUT2D eigenvalue weighted by Gasteiger charge is -2.04. The Morgan fingerprint density at radius 2 is 1.90 bits per heavy atom. The Morgan fingerprint density at radius 3 is 2.00 bits per heavy atom. The van der Waals surface area contributed by atoms with Crippen LogP contribution in [0.4, 0.5) is 0 Å². The van der Waals surface area contributed by atoms with Crippen LogP contribution in [0.2, 0.25) is 0 Å². The van der Waals surface area contributed by atoms with Crippen LogP contribution in [0.3, 0.4) is 0 Å². The van der Waals surface area contributed by atoms with Gasteiger partial charge >= 0.3 is 0 Å². The van der Waals surface area contributed by atoms with E-state index in [1.54, 1.807) is 0 Å². The summed E-state index contributed by atoms with van der Waals surface area (Å²) >= 11 is 0. The molecule has 0 saturated carbocycles. The first-order valence-electron chi connectivity index (χ1n) is 3.99. The van der Waals surface area contributed by atoms with Gasteiger partial charge in [0, 0.05) is 12.5 Å². The molecule has 1 amide bonds. The standard InChI is InChI=1S/C6H11NO.C2H6/c1-4-3-6(8)7-5(4)2;1-2/h4-5H,3H2,1-2H3,(H,7,8);1-2H3/t4-,5-;/m0./s1. The van der Waals surface area contributed by atoms with Crippen molar-refractivity contribution in [1.29, 1.82) is 0 Å². The lowest BCUT2D eigenvalue weighted by Crippen LogP contribution is -2.24. The summed E-state index contributed by atoms with van der Waals surface area (Å²) in [5.41, 5.74) is 0. The Balaban J connectivity index is 0.000000371. The highest BCUT2D eigenvalue weighted by molar-refractivity contribution is 5.78. The predicted octanol–water partition coefficient (Wildman–Crippen LogP) is 1.56. The van der Waals surface area contributed by atoms with Gasteiger partial charge in [-0.15, -0.1) is 0 Å². The molecule has 1 saturated heterocycles. The zero-order valence-corrected chi connectivity index (χ0v) is 7.27. The van der Waals surface area contributed by atoms with Gasteiger partial charge in [-0.25, -0.2) is 0 Å². The van der Waals surface area contributed by atoms with Crippen LogP contribution in [0, 0.1) is 5.92 Å². The predicted molar refractivity (Wildman–Crippen MR) is 42.7 cm³/mol. The summed E-state index contributed by atoms with van der Waals surface area (Å²) in [6.07, 6.45) is 0.709. The molecule has 1 rings (SSSR count). The van der Waals surface area contributed by atoms with Gasteiger partial charge in [-0.05, 0) is 12.8 Å². The Hall–Kier alpha value is -0.530. The molecule has 0 aromatic heterocycles. The highest BCUT2D eigenvalue weighted by Gasteiger charge is 2.23. The van der Waals surface area contributed by atoms with Crippen molar-refractivity contribution < 1.29 is 4.79 Å². The highest BCUT2D eigenvalue weighted by atomic mass is 16.1. The van der Waals surface area contributed by atoms with E-state index in [9.17, 15) is 4.79 Å². The molecule has 60 valence electrons. The van der Waals surface area contributed by atoms with Crippen molar-refractivity contribution in [2.45, 2.75) is 40.2 Å². The van der Waals surface area contributed by atoms with Crippen molar-refractivity contribution in [2.75, 3.05) is 0 Å². The molecule has 0 aromatic rings. The largest absolute Gasteiger partial charge is 0.353 e. The van der Waals surface area contributed by atoms with Gasteiger partial charge in [-0.2, -0.15) is 0 Å². The smallest absolute Gasteiger partial charge is 0.220 e. The molecule has 2 nitrogen and oxygen atoms in total. The molecule has 1 aliphatic heterocycles. The summed E-state index contributed by atoms with van der Waals surface area (Å²) < 4.78 is 0. The van der Waals surface area contributed by atoms with E-state index in [4.69, 9.17) is 0 Å². The summed E-state index contributed by atoms with van der Waals surface area (Å²) in [5.74, 6) is 0.729. The topological polar surface area (TPSA) is 29.1 Å². The van der Waals surface area contributed by atoms with Gasteiger partial charge in [0.2, 0.25) is 5.91 Å². The number of rotatable bonds is 0. The third kappa shape index (κ3) is 2.38. The van der Waals surface area contributed by atoms with Gasteiger partial charge in [0.1, 0.15) is 0 Å². The summed E-state index contributed by atoms with van der Waals surface area (Å²) in [6.45, 7) is 8.12. The van der Waals surface area contributed by atoms with Crippen LogP contribution in [0.5, 0.6) is 0 Å². The van der Waals surface area contributed by atoms with Crippen LogP contribution >= 0.6 is 0 Å². The fourth-order valence-electron chi connectivity index (χ4n) is 0.924. The number of hydrogen-bond donors (Lipinski definition) is 1. The van der Waals surface area contributed by atoms with E-state index < -0.39 is 0 Å². The van der Waals surface area contributed by atoms with Crippen molar-refractivity contribution in [1.82, 2.24) is 5.32 Å². The first-order chi connectivity index (χ1) is 4.70. The third-order valence-corrected chi connectivity index (χ3v) is 1.75. The number of carbonyl (C=O) groups excluding carboxylic acids is 1. The minimum absolute atomic E-state index is 0.199. The molecule has 0 spiro atoms. The van der Waals surface area contributed by atoms with Gasteiger partial charge in [-0.3, -0.25) is 4.79 Å². The Bertz CT molecular complexity index is 99.8. The SMILES string of the molecule is CC.C[C@@H]1NC(=O)C[C@@H]1C. The van der Waals surface area contributed by atoms with Crippen molar-refractivity contribution in [3.63, 3.8) is 0 Å². The Kier molecular flexibility index (Phi) is 4.08. The monoisotopic (exact) mass is 143 g/mol. The van der Waals surface area contributed by atoms with Crippen LogP contribution in [0.25, 0.3) is 0 Å². The van der Waals surface area contributed by atoms with Crippen LogP contribution in [-0.2, 0) is 4.79 Å². The van der Waals surface area contributed by atoms with E-state index in [0.717, 1.165) is 0 Å². The molecule has 2 atom stereocenters. The molecule has 1 heterocycles. The number of hydrogen-bond acceptors (Lipinski definition) is 1. The van der Waals surface area contributed by atoms with Gasteiger partial charge in [0.25, 0.3) is 0 Å². The minimum atomic E-state index is 0.199. The van der Waals surface area contributed by atoms with E-state index in [0.29, 0.717) is 18.4 Å². The molecule has 0 radical (unpaired) electrons. The molecule has 10 heavy (non-hydrogen) atoms. The van der Waals surface area contributed by atoms with Crippen LogP contribution in [0.15, 0.2) is 0 Å². The van der Waals surface area contributed by atoms with Gasteiger partial charge in [-0.1, -0.05) is 20.8 Å². The lowest BCUT2D eigenvalue weighted by atomic mass is 10.1. The number of carbonyl (C=O) groups is 1. The summed E-state index contributed by atoms with van der Waals surface area (Å²) in [4.78, 5) is 10.6. The first-order valence-corrected chi connectivity index (χ1v) is 3.99. The maximum Gasteiger partial charge on any atom is 0.220 e. The molecule has 2 heteroatoms. The number of amides is 1. The first kappa shape index (κ1) is 9.47. The zero-order valence-electron chi connectivity index (χ0n) is 7.27. The van der Waals surface area contributed by atoms with Crippen molar-refractivity contribution >= 4 is 5.91 Å². The summed E-state index contributed by atoms with van der Waals surface area (Å²) in [6, 6.07) is 0.391. The van der Waals surface area contributed by atoms with E-state index in [2.05, 4.69) is 12.2 Å². The maximum absolute atomic E-state index is 10.6. The summed E-state index contributed by atoms with van der Waals surface area (Å²) in [5, 5.41) is 2.83. The van der Waals surface area contributed by atoms with E-state index >= 15 is 0 Å². The average Bonchev–Trinajstić information content (AvgIpc) is 2.16. The molecule has 1 N–H and O–H groups in total. The lowest BCUT2D eigenvalue weighted by molar-refractivity contribution is -0.119. The summed E-state index contributed by atoms with van der Waals surface area (Å²) in [7, 11) is 0. The van der Waals surface area contributed by atoms with Gasteiger partial charge in [0.05, 0.1) is 0 Å². The zero-order chi connectivity index (χ0) is 8.15. The molecular formula is C8H17NO. The molecule has 0 unspecified atom stereocenters. The molecular weight excluding hydrogens is 126 g/mol. The van der Waals surface area contributed by atoms with Crippen molar-refractivity contribution in [2.24, 2.45) is 5.92 Å². The van der Waals surface area contributed by atoms with Gasteiger partial charge < -0.3 is 5.32 Å². The Labute approximate surface area is 63.0 Å². The third-order valence-electron chi connectivity index (χ3n) is 1.75. The number of nitrogens with one attached hydrogen (secondary N) is 1. The second-order valence-electron chi connectivity index (χ2n) is 2.54.